The largest absolute Gasteiger partial charge is 0.411 e. The summed E-state index contributed by atoms with van der Waals surface area (Å²) in [6.45, 7) is 9.45. The number of nitrogens with zero attached hydrogens (tertiary/aromatic N) is 1. The van der Waals surface area contributed by atoms with Crippen LogP contribution in [-0.2, 0) is 12.6 Å². The maximum Gasteiger partial charge on any atom is 0.0781 e. The van der Waals surface area contributed by atoms with Crippen LogP contribution in [0.25, 0.3) is 0 Å². The van der Waals surface area contributed by atoms with Gasteiger partial charge in [-0.25, -0.2) is 0 Å². The van der Waals surface area contributed by atoms with Crippen LogP contribution in [0.5, 0.6) is 0 Å². The summed E-state index contributed by atoms with van der Waals surface area (Å²) in [5.41, 5.74) is 0. The summed E-state index contributed by atoms with van der Waals surface area (Å²) < 4.78 is 0.645. The summed E-state index contributed by atoms with van der Waals surface area (Å²) in [6.07, 6.45) is 5.46. The van der Waals surface area contributed by atoms with Gasteiger partial charge in [-0.2, -0.15) is 0 Å². The molecule has 0 saturated carbocycles. The lowest BCUT2D eigenvalue weighted by Gasteiger charge is -2.35. The third-order valence-corrected chi connectivity index (χ3v) is 4.11. The second kappa shape index (κ2) is 8.22. The first-order valence-corrected chi connectivity index (χ1v) is 7.68. The topological polar surface area (TPSA) is 19.9 Å². The Morgan fingerprint density at radius 2 is 1.94 bits per heavy atom. The molecule has 2 N–H and O–H groups in total. The third kappa shape index (κ3) is 6.53. The molecule has 0 aromatic carbocycles. The Kier molecular flexibility index (Phi) is 7.32. The van der Waals surface area contributed by atoms with Crippen LogP contribution in [0.1, 0.15) is 39.5 Å². The number of hydrogen-bond acceptors (Lipinski definition) is 2. The van der Waals surface area contributed by atoms with E-state index in [0.29, 0.717) is 4.32 Å². The fourth-order valence-electron chi connectivity index (χ4n) is 2.49. The number of nitrogens with two attached hydrogens (primary N) is 1. The van der Waals surface area contributed by atoms with Crippen LogP contribution in [0, 0.1) is 11.8 Å². The smallest absolute Gasteiger partial charge is 0.0781 e. The Hall–Kier alpha value is 0.0700. The molecule has 17 heavy (non-hydrogen) atoms. The fraction of sp³-hybridized carbons (Fsp3) is 0.923. The SMILES string of the molecule is CC1CCCN(C(=S)[S-])C1.CC1CCC[NH2+]C1. The van der Waals surface area contributed by atoms with E-state index in [0.717, 1.165) is 24.9 Å². The van der Waals surface area contributed by atoms with Crippen LogP contribution in [0.3, 0.4) is 0 Å². The average molecular weight is 274 g/mol. The zero-order valence-corrected chi connectivity index (χ0v) is 12.8. The highest BCUT2D eigenvalue weighted by Gasteiger charge is 2.13. The third-order valence-electron chi connectivity index (χ3n) is 3.59. The van der Waals surface area contributed by atoms with Gasteiger partial charge in [0.25, 0.3) is 0 Å². The molecule has 0 amide bonds. The molecule has 2 atom stereocenters. The monoisotopic (exact) mass is 274 g/mol. The lowest BCUT2D eigenvalue weighted by atomic mass is 10.0. The lowest BCUT2D eigenvalue weighted by molar-refractivity contribution is -0.668. The van der Waals surface area contributed by atoms with Gasteiger partial charge in [-0.05, 0) is 31.6 Å². The van der Waals surface area contributed by atoms with Gasteiger partial charge in [0.15, 0.2) is 0 Å². The molecule has 2 heterocycles. The molecule has 0 aromatic rings. The molecule has 2 saturated heterocycles. The average Bonchev–Trinajstić information content (AvgIpc) is 2.31. The van der Waals surface area contributed by atoms with E-state index in [4.69, 9.17) is 24.8 Å². The van der Waals surface area contributed by atoms with Crippen LogP contribution in [0.15, 0.2) is 0 Å². The van der Waals surface area contributed by atoms with E-state index in [1.165, 1.54) is 38.8 Å². The van der Waals surface area contributed by atoms with Crippen molar-refractivity contribution in [2.75, 3.05) is 26.2 Å². The van der Waals surface area contributed by atoms with E-state index in [-0.39, 0.29) is 0 Å². The second-order valence-electron chi connectivity index (χ2n) is 5.52. The molecule has 2 nitrogen and oxygen atoms in total. The van der Waals surface area contributed by atoms with Gasteiger partial charge in [-0.3, -0.25) is 0 Å². The number of hydrogen-bond donors (Lipinski definition) is 1. The number of likely N-dealkylation sites (tertiary alicyclic amines) is 1. The molecule has 2 fully saturated rings. The summed E-state index contributed by atoms with van der Waals surface area (Å²) >= 11 is 9.82. The van der Waals surface area contributed by atoms with Gasteiger partial charge in [-0.1, -0.05) is 18.2 Å². The first kappa shape index (κ1) is 15.1. The Labute approximate surface area is 117 Å². The fourth-order valence-corrected chi connectivity index (χ4v) is 2.82. The van der Waals surface area contributed by atoms with Crippen LogP contribution in [0.4, 0.5) is 0 Å². The van der Waals surface area contributed by atoms with Crippen molar-refractivity contribution in [2.24, 2.45) is 11.8 Å². The van der Waals surface area contributed by atoms with Crippen molar-refractivity contribution in [3.63, 3.8) is 0 Å². The van der Waals surface area contributed by atoms with E-state index in [1.807, 2.05) is 0 Å². The summed E-state index contributed by atoms with van der Waals surface area (Å²) in [7, 11) is 0. The predicted octanol–water partition coefficient (Wildman–Crippen LogP) is 1.53. The zero-order valence-electron chi connectivity index (χ0n) is 11.2. The van der Waals surface area contributed by atoms with Crippen molar-refractivity contribution in [2.45, 2.75) is 39.5 Å². The first-order chi connectivity index (χ1) is 8.09. The van der Waals surface area contributed by atoms with Crippen molar-refractivity contribution < 1.29 is 5.32 Å². The Bertz CT molecular complexity index is 227. The minimum atomic E-state index is 0.645. The molecule has 0 spiro atoms. The van der Waals surface area contributed by atoms with Gasteiger partial charge < -0.3 is 35.1 Å². The van der Waals surface area contributed by atoms with Gasteiger partial charge in [0.1, 0.15) is 0 Å². The molecular formula is C13H26N2S2. The Morgan fingerprint density at radius 3 is 2.29 bits per heavy atom. The normalized spacial score (nSPS) is 29.2. The molecular weight excluding hydrogens is 248 g/mol. The summed E-state index contributed by atoms with van der Waals surface area (Å²) in [4.78, 5) is 2.12. The van der Waals surface area contributed by atoms with Crippen molar-refractivity contribution in [1.82, 2.24) is 4.90 Å². The zero-order chi connectivity index (χ0) is 12.7. The molecule has 0 aliphatic carbocycles. The number of thiocarbonyl (C=S) groups is 1. The first-order valence-electron chi connectivity index (χ1n) is 6.87. The van der Waals surface area contributed by atoms with Crippen molar-refractivity contribution in [1.29, 1.82) is 0 Å². The maximum absolute atomic E-state index is 4.91. The summed E-state index contributed by atoms with van der Waals surface area (Å²) in [5, 5.41) is 2.41. The van der Waals surface area contributed by atoms with Gasteiger partial charge in [0.05, 0.1) is 13.1 Å². The van der Waals surface area contributed by atoms with Crippen LogP contribution in [-0.4, -0.2) is 35.4 Å². The van der Waals surface area contributed by atoms with Crippen molar-refractivity contribution in [3.05, 3.63) is 0 Å². The minimum absolute atomic E-state index is 0.645. The molecule has 0 aromatic heterocycles. The van der Waals surface area contributed by atoms with Crippen LogP contribution in [0.2, 0.25) is 0 Å². The number of quaternary nitrogens is 1. The molecule has 4 heteroatoms. The molecule has 2 unspecified atom stereocenters. The number of piperidine rings is 2. The van der Waals surface area contributed by atoms with Crippen LogP contribution < -0.4 is 5.32 Å². The van der Waals surface area contributed by atoms with E-state index >= 15 is 0 Å². The highest BCUT2D eigenvalue weighted by molar-refractivity contribution is 8.00. The lowest BCUT2D eigenvalue weighted by Crippen LogP contribution is -2.87. The molecule has 0 radical (unpaired) electrons. The van der Waals surface area contributed by atoms with Gasteiger partial charge in [0.2, 0.25) is 0 Å². The van der Waals surface area contributed by atoms with E-state index in [2.05, 4.69) is 24.1 Å². The molecule has 2 aliphatic rings. The summed E-state index contributed by atoms with van der Waals surface area (Å²) in [5.74, 6) is 1.75. The standard InChI is InChI=1S/C7H13NS2.C6H13N/c1-6-3-2-4-8(5-6)7(9)10;1-6-3-2-4-7-5-6/h6H,2-5H2,1H3,(H,9,10);6-7H,2-5H2,1H3. The van der Waals surface area contributed by atoms with Gasteiger partial charge in [-0.15, -0.1) is 0 Å². The molecule has 2 rings (SSSR count). The van der Waals surface area contributed by atoms with E-state index < -0.39 is 0 Å². The van der Waals surface area contributed by atoms with Gasteiger partial charge in [0, 0.05) is 19.0 Å². The summed E-state index contributed by atoms with van der Waals surface area (Å²) in [6, 6.07) is 0. The number of rotatable bonds is 0. The Balaban J connectivity index is 0.000000181. The highest BCUT2D eigenvalue weighted by Crippen LogP contribution is 2.15. The molecule has 100 valence electrons. The maximum atomic E-state index is 4.91. The highest BCUT2D eigenvalue weighted by atomic mass is 32.1. The van der Waals surface area contributed by atoms with Gasteiger partial charge >= 0.3 is 0 Å². The van der Waals surface area contributed by atoms with Crippen LogP contribution >= 0.6 is 12.2 Å². The molecule has 0 bridgehead atoms. The quantitative estimate of drug-likeness (QED) is 0.534. The second-order valence-corrected chi connectivity index (χ2v) is 6.55. The minimum Gasteiger partial charge on any atom is -0.411 e. The van der Waals surface area contributed by atoms with E-state index in [1.54, 1.807) is 0 Å². The van der Waals surface area contributed by atoms with Crippen molar-refractivity contribution >= 4 is 29.2 Å². The Morgan fingerprint density at radius 1 is 1.24 bits per heavy atom. The predicted molar refractivity (Wildman–Crippen MR) is 80.0 cm³/mol. The molecule has 2 aliphatic heterocycles. The van der Waals surface area contributed by atoms with E-state index in [9.17, 15) is 0 Å². The van der Waals surface area contributed by atoms with Crippen molar-refractivity contribution in [3.8, 4) is 0 Å².